The van der Waals surface area contributed by atoms with E-state index in [1.165, 1.54) is 12.8 Å². The van der Waals surface area contributed by atoms with Crippen LogP contribution in [0.1, 0.15) is 46.0 Å². The highest BCUT2D eigenvalue weighted by molar-refractivity contribution is 5.75. The Morgan fingerprint density at radius 1 is 1.47 bits per heavy atom. The Hall–Kier alpha value is -0.570. The van der Waals surface area contributed by atoms with Crippen molar-refractivity contribution >= 4 is 5.97 Å². The zero-order valence-corrected chi connectivity index (χ0v) is 11.0. The predicted molar refractivity (Wildman–Crippen MR) is 67.8 cm³/mol. The Bertz CT molecular complexity index is 286. The van der Waals surface area contributed by atoms with E-state index in [9.17, 15) is 9.90 Å². The van der Waals surface area contributed by atoms with Gasteiger partial charge in [0.2, 0.25) is 0 Å². The van der Waals surface area contributed by atoms with Gasteiger partial charge in [0.25, 0.3) is 0 Å². The lowest BCUT2D eigenvalue weighted by Crippen LogP contribution is -2.50. The summed E-state index contributed by atoms with van der Waals surface area (Å²) in [4.78, 5) is 11.6. The molecule has 98 valence electrons. The molecule has 1 saturated heterocycles. The normalized spacial score (nSPS) is 33.9. The summed E-state index contributed by atoms with van der Waals surface area (Å²) < 4.78 is 0. The topological polar surface area (TPSA) is 49.3 Å². The van der Waals surface area contributed by atoms with E-state index in [1.54, 1.807) is 0 Å². The van der Waals surface area contributed by atoms with Crippen LogP contribution < -0.4 is 5.32 Å². The molecule has 2 fully saturated rings. The minimum Gasteiger partial charge on any atom is -0.481 e. The fourth-order valence-electron chi connectivity index (χ4n) is 2.96. The quantitative estimate of drug-likeness (QED) is 0.775. The van der Waals surface area contributed by atoms with Crippen LogP contribution in [0.15, 0.2) is 0 Å². The van der Waals surface area contributed by atoms with Gasteiger partial charge < -0.3 is 10.4 Å². The van der Waals surface area contributed by atoms with Gasteiger partial charge in [0, 0.05) is 6.54 Å². The molecule has 3 nitrogen and oxygen atoms in total. The number of carboxylic acid groups (broad SMARTS) is 1. The predicted octanol–water partition coefficient (Wildman–Crippen LogP) is 2.51. The lowest BCUT2D eigenvalue weighted by molar-refractivity contribution is -0.152. The van der Waals surface area contributed by atoms with Gasteiger partial charge >= 0.3 is 5.97 Å². The second-order valence-corrected chi connectivity index (χ2v) is 6.41. The molecule has 1 saturated carbocycles. The summed E-state index contributed by atoms with van der Waals surface area (Å²) in [6.07, 6.45) is 5.47. The molecule has 1 aliphatic carbocycles. The van der Waals surface area contributed by atoms with E-state index in [4.69, 9.17) is 0 Å². The lowest BCUT2D eigenvalue weighted by Gasteiger charge is -2.40. The van der Waals surface area contributed by atoms with Gasteiger partial charge in [0.15, 0.2) is 0 Å². The summed E-state index contributed by atoms with van der Waals surface area (Å²) in [6, 6.07) is 0. The average molecular weight is 239 g/mol. The Morgan fingerprint density at radius 3 is 2.71 bits per heavy atom. The third-order valence-electron chi connectivity index (χ3n) is 4.65. The van der Waals surface area contributed by atoms with Crippen LogP contribution in [0.5, 0.6) is 0 Å². The van der Waals surface area contributed by atoms with Crippen molar-refractivity contribution in [3.63, 3.8) is 0 Å². The number of hydrogen-bond donors (Lipinski definition) is 2. The van der Waals surface area contributed by atoms with Gasteiger partial charge in [-0.3, -0.25) is 4.79 Å². The first-order valence-electron chi connectivity index (χ1n) is 6.97. The molecule has 2 aliphatic rings. The molecule has 17 heavy (non-hydrogen) atoms. The first-order valence-corrected chi connectivity index (χ1v) is 6.97. The SMILES string of the molecule is CC(C)C1CNC[C@](CCC2CC2)(C(=O)O)C1. The van der Waals surface area contributed by atoms with Gasteiger partial charge in [-0.2, -0.15) is 0 Å². The van der Waals surface area contributed by atoms with Crippen LogP contribution in [0.3, 0.4) is 0 Å². The minimum atomic E-state index is -0.587. The van der Waals surface area contributed by atoms with E-state index in [-0.39, 0.29) is 0 Å². The number of nitrogens with one attached hydrogen (secondary N) is 1. The average Bonchev–Trinajstić information content (AvgIpc) is 3.10. The van der Waals surface area contributed by atoms with Gasteiger partial charge in [-0.05, 0) is 43.6 Å². The molecule has 0 radical (unpaired) electrons. The van der Waals surface area contributed by atoms with E-state index in [1.807, 2.05) is 0 Å². The Labute approximate surface area is 104 Å². The highest BCUT2D eigenvalue weighted by atomic mass is 16.4. The van der Waals surface area contributed by atoms with Crippen LogP contribution in [0.2, 0.25) is 0 Å². The third-order valence-corrected chi connectivity index (χ3v) is 4.65. The van der Waals surface area contributed by atoms with E-state index >= 15 is 0 Å². The monoisotopic (exact) mass is 239 g/mol. The number of piperidine rings is 1. The molecule has 2 rings (SSSR count). The van der Waals surface area contributed by atoms with Crippen molar-refractivity contribution in [3.8, 4) is 0 Å². The maximum absolute atomic E-state index is 11.6. The molecule has 0 aromatic rings. The van der Waals surface area contributed by atoms with Gasteiger partial charge in [0.05, 0.1) is 5.41 Å². The summed E-state index contributed by atoms with van der Waals surface area (Å²) in [5.41, 5.74) is -0.490. The van der Waals surface area contributed by atoms with Gasteiger partial charge in [-0.1, -0.05) is 26.7 Å². The molecular weight excluding hydrogens is 214 g/mol. The van der Waals surface area contributed by atoms with Crippen molar-refractivity contribution in [1.29, 1.82) is 0 Å². The summed E-state index contributed by atoms with van der Waals surface area (Å²) in [7, 11) is 0. The fourth-order valence-corrected chi connectivity index (χ4v) is 2.96. The van der Waals surface area contributed by atoms with E-state index in [0.717, 1.165) is 31.7 Å². The molecule has 0 amide bonds. The molecule has 1 unspecified atom stereocenters. The van der Waals surface area contributed by atoms with Gasteiger partial charge in [-0.15, -0.1) is 0 Å². The molecule has 1 aliphatic heterocycles. The van der Waals surface area contributed by atoms with Crippen LogP contribution in [0, 0.1) is 23.2 Å². The fraction of sp³-hybridized carbons (Fsp3) is 0.929. The molecule has 0 spiro atoms. The Balaban J connectivity index is 2.00. The molecule has 2 N–H and O–H groups in total. The zero-order valence-electron chi connectivity index (χ0n) is 11.0. The van der Waals surface area contributed by atoms with Crippen molar-refractivity contribution in [3.05, 3.63) is 0 Å². The standard InChI is InChI=1S/C14H25NO2/c1-10(2)12-7-14(13(16)17,9-15-8-12)6-5-11-3-4-11/h10-12,15H,3-9H2,1-2H3,(H,16,17)/t12?,14-/m1/s1. The van der Waals surface area contributed by atoms with Crippen molar-refractivity contribution in [1.82, 2.24) is 5.32 Å². The zero-order chi connectivity index (χ0) is 12.5. The van der Waals surface area contributed by atoms with Crippen LogP contribution in [-0.4, -0.2) is 24.2 Å². The molecule has 3 heteroatoms. The third kappa shape index (κ3) is 3.01. The Kier molecular flexibility index (Phi) is 3.76. The van der Waals surface area contributed by atoms with Crippen molar-refractivity contribution in [2.45, 2.75) is 46.0 Å². The van der Waals surface area contributed by atoms with Crippen molar-refractivity contribution in [2.75, 3.05) is 13.1 Å². The largest absolute Gasteiger partial charge is 0.481 e. The van der Waals surface area contributed by atoms with Crippen molar-refractivity contribution < 1.29 is 9.90 Å². The second kappa shape index (κ2) is 4.97. The molecule has 0 aromatic carbocycles. The maximum atomic E-state index is 11.6. The number of carboxylic acids is 1. The molecule has 2 atom stereocenters. The van der Waals surface area contributed by atoms with Crippen molar-refractivity contribution in [2.24, 2.45) is 23.2 Å². The van der Waals surface area contributed by atoms with Crippen LogP contribution in [0.25, 0.3) is 0 Å². The molecular formula is C14H25NO2. The molecule has 1 heterocycles. The van der Waals surface area contributed by atoms with E-state index in [0.29, 0.717) is 18.4 Å². The maximum Gasteiger partial charge on any atom is 0.310 e. The lowest BCUT2D eigenvalue weighted by atomic mass is 9.70. The van der Waals surface area contributed by atoms with Crippen LogP contribution in [0.4, 0.5) is 0 Å². The van der Waals surface area contributed by atoms with Gasteiger partial charge in [-0.25, -0.2) is 0 Å². The van der Waals surface area contributed by atoms with E-state index < -0.39 is 11.4 Å². The highest BCUT2D eigenvalue weighted by Gasteiger charge is 2.44. The van der Waals surface area contributed by atoms with Crippen LogP contribution in [-0.2, 0) is 4.79 Å². The summed E-state index contributed by atoms with van der Waals surface area (Å²) in [6.45, 7) is 6.05. The summed E-state index contributed by atoms with van der Waals surface area (Å²) in [5, 5.41) is 12.9. The smallest absolute Gasteiger partial charge is 0.310 e. The number of carbonyl (C=O) groups is 1. The van der Waals surface area contributed by atoms with Crippen LogP contribution >= 0.6 is 0 Å². The summed E-state index contributed by atoms with van der Waals surface area (Å²) in [5.74, 6) is 1.32. The first kappa shape index (κ1) is 12.9. The number of rotatable bonds is 5. The Morgan fingerprint density at radius 2 is 2.18 bits per heavy atom. The van der Waals surface area contributed by atoms with E-state index in [2.05, 4.69) is 19.2 Å². The summed E-state index contributed by atoms with van der Waals surface area (Å²) >= 11 is 0. The number of aliphatic carboxylic acids is 1. The molecule has 0 aromatic heterocycles. The number of hydrogen-bond acceptors (Lipinski definition) is 2. The molecule has 0 bridgehead atoms. The minimum absolute atomic E-state index is 0.490. The first-order chi connectivity index (χ1) is 8.03. The second-order valence-electron chi connectivity index (χ2n) is 6.41. The van der Waals surface area contributed by atoms with Gasteiger partial charge in [0.1, 0.15) is 0 Å². The highest BCUT2D eigenvalue weighted by Crippen LogP contribution is 2.42.